The summed E-state index contributed by atoms with van der Waals surface area (Å²) >= 11 is 5.57. The first-order chi connectivity index (χ1) is 10.5. The van der Waals surface area contributed by atoms with Crippen LogP contribution >= 0.6 is 12.2 Å². The van der Waals surface area contributed by atoms with Crippen molar-refractivity contribution in [2.24, 2.45) is 0 Å². The summed E-state index contributed by atoms with van der Waals surface area (Å²) in [5, 5.41) is 3.34. The van der Waals surface area contributed by atoms with Crippen molar-refractivity contribution >= 4 is 17.2 Å². The van der Waals surface area contributed by atoms with Crippen molar-refractivity contribution in [2.45, 2.75) is 27.3 Å². The predicted molar refractivity (Wildman–Crippen MR) is 91.8 cm³/mol. The standard InChI is InChI=1S/C18H19NO2S/c1-11-6-12(2)17(13(3)7-11)18(22)19-9-14-4-5-15-16(8-14)21-10-20-15/h4-8H,9-10H2,1-3H3,(H,19,22). The summed E-state index contributed by atoms with van der Waals surface area (Å²) < 4.78 is 10.7. The first-order valence-corrected chi connectivity index (χ1v) is 7.70. The van der Waals surface area contributed by atoms with Crippen LogP contribution in [0.1, 0.15) is 27.8 Å². The second-order valence-electron chi connectivity index (χ2n) is 5.64. The van der Waals surface area contributed by atoms with Crippen LogP contribution in [0.25, 0.3) is 0 Å². The Morgan fingerprint density at radius 1 is 1.05 bits per heavy atom. The number of hydrogen-bond donors (Lipinski definition) is 1. The Balaban J connectivity index is 1.73. The van der Waals surface area contributed by atoms with Crippen molar-refractivity contribution in [1.29, 1.82) is 0 Å². The van der Waals surface area contributed by atoms with E-state index in [0.717, 1.165) is 27.6 Å². The predicted octanol–water partition coefficient (Wildman–Crippen LogP) is 3.81. The fourth-order valence-corrected chi connectivity index (χ4v) is 3.25. The first-order valence-electron chi connectivity index (χ1n) is 7.29. The molecule has 0 aromatic heterocycles. The average molecular weight is 313 g/mol. The number of fused-ring (bicyclic) bond motifs is 1. The van der Waals surface area contributed by atoms with Crippen LogP contribution in [-0.2, 0) is 6.54 Å². The summed E-state index contributed by atoms with van der Waals surface area (Å²) in [5.74, 6) is 1.60. The van der Waals surface area contributed by atoms with E-state index in [2.05, 4.69) is 38.2 Å². The van der Waals surface area contributed by atoms with E-state index in [1.165, 1.54) is 16.7 Å². The maximum absolute atomic E-state index is 5.57. The van der Waals surface area contributed by atoms with Gasteiger partial charge in [0.2, 0.25) is 6.79 Å². The Morgan fingerprint density at radius 2 is 1.73 bits per heavy atom. The van der Waals surface area contributed by atoms with Gasteiger partial charge in [0, 0.05) is 12.1 Å². The minimum atomic E-state index is 0.298. The zero-order valence-electron chi connectivity index (χ0n) is 13.0. The number of hydrogen-bond acceptors (Lipinski definition) is 3. The molecule has 114 valence electrons. The molecule has 2 aromatic rings. The highest BCUT2D eigenvalue weighted by Crippen LogP contribution is 2.32. The topological polar surface area (TPSA) is 30.5 Å². The van der Waals surface area contributed by atoms with Crippen LogP contribution in [0.5, 0.6) is 11.5 Å². The van der Waals surface area contributed by atoms with Crippen LogP contribution in [0.2, 0.25) is 0 Å². The molecular weight excluding hydrogens is 294 g/mol. The van der Waals surface area contributed by atoms with Crippen molar-refractivity contribution < 1.29 is 9.47 Å². The van der Waals surface area contributed by atoms with Crippen LogP contribution in [-0.4, -0.2) is 11.8 Å². The summed E-state index contributed by atoms with van der Waals surface area (Å²) in [6.45, 7) is 7.27. The molecule has 1 N–H and O–H groups in total. The molecule has 0 spiro atoms. The summed E-state index contributed by atoms with van der Waals surface area (Å²) in [6.07, 6.45) is 0. The second kappa shape index (κ2) is 5.97. The fraction of sp³-hybridized carbons (Fsp3) is 0.278. The molecule has 1 aliphatic rings. The molecular formula is C18H19NO2S. The molecule has 4 heteroatoms. The lowest BCUT2D eigenvalue weighted by Gasteiger charge is -2.14. The highest BCUT2D eigenvalue weighted by molar-refractivity contribution is 7.80. The van der Waals surface area contributed by atoms with Crippen molar-refractivity contribution in [3.05, 3.63) is 58.1 Å². The quantitative estimate of drug-likeness (QED) is 0.873. The zero-order valence-corrected chi connectivity index (χ0v) is 13.8. The van der Waals surface area contributed by atoms with E-state index in [1.807, 2.05) is 18.2 Å². The van der Waals surface area contributed by atoms with Crippen molar-refractivity contribution in [1.82, 2.24) is 5.32 Å². The largest absolute Gasteiger partial charge is 0.454 e. The number of aryl methyl sites for hydroxylation is 3. The van der Waals surface area contributed by atoms with Crippen LogP contribution in [0.4, 0.5) is 0 Å². The lowest BCUT2D eigenvalue weighted by Crippen LogP contribution is -2.23. The lowest BCUT2D eigenvalue weighted by atomic mass is 9.99. The molecule has 2 aromatic carbocycles. The van der Waals surface area contributed by atoms with E-state index in [0.29, 0.717) is 13.3 Å². The molecule has 1 heterocycles. The number of thiocarbonyl (C=S) groups is 1. The molecule has 0 atom stereocenters. The van der Waals surface area contributed by atoms with Gasteiger partial charge in [-0.25, -0.2) is 0 Å². The van der Waals surface area contributed by atoms with Crippen LogP contribution in [0.15, 0.2) is 30.3 Å². The molecule has 3 nitrogen and oxygen atoms in total. The third-order valence-corrected chi connectivity index (χ3v) is 4.14. The van der Waals surface area contributed by atoms with Gasteiger partial charge >= 0.3 is 0 Å². The van der Waals surface area contributed by atoms with E-state index in [9.17, 15) is 0 Å². The molecule has 0 amide bonds. The van der Waals surface area contributed by atoms with Crippen LogP contribution < -0.4 is 14.8 Å². The normalized spacial score (nSPS) is 12.3. The van der Waals surface area contributed by atoms with Crippen LogP contribution in [0.3, 0.4) is 0 Å². The van der Waals surface area contributed by atoms with Crippen molar-refractivity contribution in [3.8, 4) is 11.5 Å². The minimum Gasteiger partial charge on any atom is -0.454 e. The van der Waals surface area contributed by atoms with Gasteiger partial charge in [0.05, 0.1) is 0 Å². The summed E-state index contributed by atoms with van der Waals surface area (Å²) in [4.78, 5) is 0.785. The third-order valence-electron chi connectivity index (χ3n) is 3.79. The van der Waals surface area contributed by atoms with E-state index in [1.54, 1.807) is 0 Å². The maximum Gasteiger partial charge on any atom is 0.231 e. The maximum atomic E-state index is 5.57. The molecule has 3 rings (SSSR count). The Bertz CT molecular complexity index is 717. The van der Waals surface area contributed by atoms with Crippen LogP contribution in [0, 0.1) is 20.8 Å². The Labute approximate surface area is 136 Å². The Hall–Kier alpha value is -2.07. The minimum absolute atomic E-state index is 0.298. The Morgan fingerprint density at radius 3 is 2.45 bits per heavy atom. The SMILES string of the molecule is Cc1cc(C)c(C(=S)NCc2ccc3c(c2)OCO3)c(C)c1. The molecule has 0 bridgehead atoms. The second-order valence-corrected chi connectivity index (χ2v) is 6.05. The van der Waals surface area contributed by atoms with E-state index < -0.39 is 0 Å². The van der Waals surface area contributed by atoms with Gasteiger partial charge in [-0.15, -0.1) is 0 Å². The van der Waals surface area contributed by atoms with Crippen molar-refractivity contribution in [3.63, 3.8) is 0 Å². The van der Waals surface area contributed by atoms with E-state index >= 15 is 0 Å². The van der Waals surface area contributed by atoms with Gasteiger partial charge in [0.15, 0.2) is 11.5 Å². The fourth-order valence-electron chi connectivity index (χ4n) is 2.86. The van der Waals surface area contributed by atoms with Gasteiger partial charge in [0.25, 0.3) is 0 Å². The molecule has 1 aliphatic heterocycles. The molecule has 0 fully saturated rings. The van der Waals surface area contributed by atoms with E-state index in [4.69, 9.17) is 21.7 Å². The molecule has 22 heavy (non-hydrogen) atoms. The summed E-state index contributed by atoms with van der Waals surface area (Å²) in [5.41, 5.74) is 5.93. The van der Waals surface area contributed by atoms with Gasteiger partial charge in [-0.2, -0.15) is 0 Å². The number of ether oxygens (including phenoxy) is 2. The molecule has 0 saturated carbocycles. The summed E-state index contributed by atoms with van der Waals surface area (Å²) in [7, 11) is 0. The summed E-state index contributed by atoms with van der Waals surface area (Å²) in [6, 6.07) is 10.3. The average Bonchev–Trinajstić information content (AvgIpc) is 2.91. The first kappa shape index (κ1) is 14.9. The number of benzene rings is 2. The molecule has 0 radical (unpaired) electrons. The third kappa shape index (κ3) is 2.92. The molecule has 0 aliphatic carbocycles. The smallest absolute Gasteiger partial charge is 0.231 e. The highest BCUT2D eigenvalue weighted by atomic mass is 32.1. The van der Waals surface area contributed by atoms with Gasteiger partial charge < -0.3 is 14.8 Å². The monoisotopic (exact) mass is 313 g/mol. The molecule has 0 saturated heterocycles. The number of rotatable bonds is 3. The van der Waals surface area contributed by atoms with Crippen molar-refractivity contribution in [2.75, 3.05) is 6.79 Å². The van der Waals surface area contributed by atoms with Gasteiger partial charge in [-0.3, -0.25) is 0 Å². The molecule has 0 unspecified atom stereocenters. The highest BCUT2D eigenvalue weighted by Gasteiger charge is 2.14. The van der Waals surface area contributed by atoms with Gasteiger partial charge in [-0.05, 0) is 49.6 Å². The van der Waals surface area contributed by atoms with Gasteiger partial charge in [-0.1, -0.05) is 36.0 Å². The number of nitrogens with one attached hydrogen (secondary N) is 1. The zero-order chi connectivity index (χ0) is 15.7. The lowest BCUT2D eigenvalue weighted by molar-refractivity contribution is 0.174. The van der Waals surface area contributed by atoms with E-state index in [-0.39, 0.29) is 0 Å². The Kier molecular flexibility index (Phi) is 4.03. The van der Waals surface area contributed by atoms with Gasteiger partial charge in [0.1, 0.15) is 4.99 Å².